The summed E-state index contributed by atoms with van der Waals surface area (Å²) in [6, 6.07) is 13.9. The van der Waals surface area contributed by atoms with Gasteiger partial charge in [-0.1, -0.05) is 18.2 Å². The summed E-state index contributed by atoms with van der Waals surface area (Å²) in [5.41, 5.74) is 1.07. The molecule has 116 valence electrons. The van der Waals surface area contributed by atoms with Gasteiger partial charge in [0, 0.05) is 11.4 Å². The molecule has 0 heterocycles. The Bertz CT molecular complexity index is 616. The van der Waals surface area contributed by atoms with Crippen LogP contribution >= 0.6 is 11.8 Å². The van der Waals surface area contributed by atoms with E-state index in [4.69, 9.17) is 4.74 Å². The molecule has 0 spiro atoms. The van der Waals surface area contributed by atoms with E-state index >= 15 is 0 Å². The Morgan fingerprint density at radius 2 is 1.91 bits per heavy atom. The summed E-state index contributed by atoms with van der Waals surface area (Å²) in [5, 5.41) is 2.87. The lowest BCUT2D eigenvalue weighted by Gasteiger charge is -2.09. The van der Waals surface area contributed by atoms with E-state index in [9.17, 15) is 9.18 Å². The maximum absolute atomic E-state index is 12.8. The second-order valence-corrected chi connectivity index (χ2v) is 5.70. The van der Waals surface area contributed by atoms with Gasteiger partial charge in [0.1, 0.15) is 11.6 Å². The number of benzene rings is 2. The van der Waals surface area contributed by atoms with E-state index in [1.54, 1.807) is 19.2 Å². The topological polar surface area (TPSA) is 38.3 Å². The number of ether oxygens (including phenoxy) is 1. The van der Waals surface area contributed by atoms with E-state index < -0.39 is 0 Å². The third-order valence-electron chi connectivity index (χ3n) is 3.09. The van der Waals surface area contributed by atoms with Gasteiger partial charge >= 0.3 is 0 Å². The average Bonchev–Trinajstić information content (AvgIpc) is 2.55. The quantitative estimate of drug-likeness (QED) is 0.796. The van der Waals surface area contributed by atoms with Gasteiger partial charge in [0.25, 0.3) is 0 Å². The summed E-state index contributed by atoms with van der Waals surface area (Å²) in [4.78, 5) is 12.7. The van der Waals surface area contributed by atoms with Crippen molar-refractivity contribution in [1.29, 1.82) is 0 Å². The lowest BCUT2D eigenvalue weighted by molar-refractivity contribution is -0.118. The van der Waals surface area contributed by atoms with Crippen LogP contribution in [0, 0.1) is 5.82 Å². The van der Waals surface area contributed by atoms with E-state index in [1.807, 2.05) is 24.3 Å². The van der Waals surface area contributed by atoms with E-state index in [0.29, 0.717) is 12.3 Å². The van der Waals surface area contributed by atoms with Crippen LogP contribution in [0.25, 0.3) is 0 Å². The van der Waals surface area contributed by atoms with Gasteiger partial charge in [0.15, 0.2) is 0 Å². The smallest absolute Gasteiger partial charge is 0.230 e. The molecule has 0 saturated carbocycles. The normalized spacial score (nSPS) is 10.3. The SMILES string of the molecule is COc1ccccc1CCNC(=O)CSc1ccc(F)cc1. The molecule has 2 aromatic rings. The highest BCUT2D eigenvalue weighted by Crippen LogP contribution is 2.18. The summed E-state index contributed by atoms with van der Waals surface area (Å²) >= 11 is 1.39. The summed E-state index contributed by atoms with van der Waals surface area (Å²) in [7, 11) is 1.64. The van der Waals surface area contributed by atoms with Gasteiger partial charge in [-0.05, 0) is 42.3 Å². The second kappa shape index (κ2) is 8.44. The summed E-state index contributed by atoms with van der Waals surface area (Å²) in [6.07, 6.45) is 0.719. The molecule has 2 aromatic carbocycles. The maximum atomic E-state index is 12.8. The molecule has 0 radical (unpaired) electrons. The number of carbonyl (C=O) groups excluding carboxylic acids is 1. The zero-order valence-corrected chi connectivity index (χ0v) is 13.2. The summed E-state index contributed by atoms with van der Waals surface area (Å²) in [5.74, 6) is 0.838. The van der Waals surface area contributed by atoms with Crippen LogP contribution in [-0.4, -0.2) is 25.3 Å². The predicted molar refractivity (Wildman–Crippen MR) is 86.8 cm³/mol. The van der Waals surface area contributed by atoms with Crippen LogP contribution in [0.15, 0.2) is 53.4 Å². The molecule has 0 aromatic heterocycles. The first kappa shape index (κ1) is 16.4. The number of nitrogens with one attached hydrogen (secondary N) is 1. The number of hydrogen-bond acceptors (Lipinski definition) is 3. The minimum atomic E-state index is -0.273. The Hall–Kier alpha value is -2.01. The lowest BCUT2D eigenvalue weighted by atomic mass is 10.1. The molecule has 0 atom stereocenters. The molecule has 5 heteroatoms. The number of thioether (sulfide) groups is 1. The fourth-order valence-corrected chi connectivity index (χ4v) is 2.71. The molecule has 0 aliphatic rings. The van der Waals surface area contributed by atoms with Crippen LogP contribution < -0.4 is 10.1 Å². The van der Waals surface area contributed by atoms with Crippen LogP contribution in [-0.2, 0) is 11.2 Å². The fourth-order valence-electron chi connectivity index (χ4n) is 1.98. The molecule has 0 saturated heterocycles. The number of methoxy groups -OCH3 is 1. The molecule has 22 heavy (non-hydrogen) atoms. The van der Waals surface area contributed by atoms with Crippen LogP contribution in [0.5, 0.6) is 5.75 Å². The van der Waals surface area contributed by atoms with Crippen molar-refractivity contribution in [2.24, 2.45) is 0 Å². The lowest BCUT2D eigenvalue weighted by Crippen LogP contribution is -2.27. The van der Waals surface area contributed by atoms with Crippen LogP contribution in [0.4, 0.5) is 4.39 Å². The van der Waals surface area contributed by atoms with E-state index in [2.05, 4.69) is 5.32 Å². The van der Waals surface area contributed by atoms with E-state index in [1.165, 1.54) is 23.9 Å². The zero-order valence-electron chi connectivity index (χ0n) is 12.3. The minimum Gasteiger partial charge on any atom is -0.496 e. The van der Waals surface area contributed by atoms with E-state index in [-0.39, 0.29) is 11.7 Å². The highest BCUT2D eigenvalue weighted by molar-refractivity contribution is 8.00. The average molecular weight is 319 g/mol. The molecule has 0 fully saturated rings. The third kappa shape index (κ3) is 5.07. The van der Waals surface area contributed by atoms with Crippen molar-refractivity contribution in [2.75, 3.05) is 19.4 Å². The molecule has 3 nitrogen and oxygen atoms in total. The first-order valence-electron chi connectivity index (χ1n) is 6.96. The highest BCUT2D eigenvalue weighted by Gasteiger charge is 2.05. The number of carbonyl (C=O) groups is 1. The monoisotopic (exact) mass is 319 g/mol. The third-order valence-corrected chi connectivity index (χ3v) is 4.10. The summed E-state index contributed by atoms with van der Waals surface area (Å²) < 4.78 is 18.0. The van der Waals surface area contributed by atoms with Crippen molar-refractivity contribution in [2.45, 2.75) is 11.3 Å². The molecular formula is C17H18FNO2S. The van der Waals surface area contributed by atoms with Crippen molar-refractivity contribution in [3.8, 4) is 5.75 Å². The van der Waals surface area contributed by atoms with Crippen molar-refractivity contribution in [1.82, 2.24) is 5.32 Å². The Balaban J connectivity index is 1.72. The standard InChI is InChI=1S/C17H18FNO2S/c1-21-16-5-3-2-4-13(16)10-11-19-17(20)12-22-15-8-6-14(18)7-9-15/h2-9H,10-12H2,1H3,(H,19,20). The maximum Gasteiger partial charge on any atom is 0.230 e. The van der Waals surface area contributed by atoms with Crippen LogP contribution in [0.2, 0.25) is 0 Å². The number of hydrogen-bond donors (Lipinski definition) is 1. The van der Waals surface area contributed by atoms with Gasteiger partial charge in [0.05, 0.1) is 12.9 Å². The zero-order chi connectivity index (χ0) is 15.8. The second-order valence-electron chi connectivity index (χ2n) is 4.65. The largest absolute Gasteiger partial charge is 0.496 e. The Labute approximate surface area is 133 Å². The van der Waals surface area contributed by atoms with Gasteiger partial charge in [-0.2, -0.15) is 0 Å². The van der Waals surface area contributed by atoms with E-state index in [0.717, 1.165) is 22.6 Å². The molecule has 1 N–H and O–H groups in total. The molecule has 0 bridgehead atoms. The van der Waals surface area contributed by atoms with Gasteiger partial charge in [-0.3, -0.25) is 4.79 Å². The number of para-hydroxylation sites is 1. The number of amides is 1. The highest BCUT2D eigenvalue weighted by atomic mass is 32.2. The van der Waals surface area contributed by atoms with Crippen LogP contribution in [0.3, 0.4) is 0 Å². The molecule has 0 aliphatic heterocycles. The molecule has 0 unspecified atom stereocenters. The Morgan fingerprint density at radius 1 is 1.18 bits per heavy atom. The Kier molecular flexibility index (Phi) is 6.27. The van der Waals surface area contributed by atoms with Crippen molar-refractivity contribution in [3.05, 3.63) is 59.9 Å². The Morgan fingerprint density at radius 3 is 2.64 bits per heavy atom. The molecule has 1 amide bonds. The van der Waals surface area contributed by atoms with Gasteiger partial charge in [-0.25, -0.2) is 4.39 Å². The minimum absolute atomic E-state index is 0.0378. The van der Waals surface area contributed by atoms with Crippen molar-refractivity contribution < 1.29 is 13.9 Å². The number of rotatable bonds is 7. The fraction of sp³-hybridized carbons (Fsp3) is 0.235. The van der Waals surface area contributed by atoms with Crippen molar-refractivity contribution >= 4 is 17.7 Å². The first-order chi connectivity index (χ1) is 10.7. The van der Waals surface area contributed by atoms with Crippen molar-refractivity contribution in [3.63, 3.8) is 0 Å². The molecule has 0 aliphatic carbocycles. The van der Waals surface area contributed by atoms with Gasteiger partial charge < -0.3 is 10.1 Å². The van der Waals surface area contributed by atoms with Crippen LogP contribution in [0.1, 0.15) is 5.56 Å². The number of halogens is 1. The first-order valence-corrected chi connectivity index (χ1v) is 7.94. The van der Waals surface area contributed by atoms with Gasteiger partial charge in [-0.15, -0.1) is 11.8 Å². The van der Waals surface area contributed by atoms with Gasteiger partial charge in [0.2, 0.25) is 5.91 Å². The molecular weight excluding hydrogens is 301 g/mol. The predicted octanol–water partition coefficient (Wildman–Crippen LogP) is 3.29. The molecule has 2 rings (SSSR count). The summed E-state index contributed by atoms with van der Waals surface area (Å²) in [6.45, 7) is 0.559.